The van der Waals surface area contributed by atoms with Gasteiger partial charge in [-0.1, -0.05) is 42.5 Å². The van der Waals surface area contributed by atoms with Crippen molar-refractivity contribution < 1.29 is 19.2 Å². The number of nitrogens with zero attached hydrogens (tertiary/aromatic N) is 3. The van der Waals surface area contributed by atoms with Crippen molar-refractivity contribution in [3.05, 3.63) is 70.5 Å². The number of rotatable bonds is 10. The predicted molar refractivity (Wildman–Crippen MR) is 149 cm³/mol. The van der Waals surface area contributed by atoms with E-state index in [9.17, 15) is 19.2 Å². The number of carbonyl (C=O) groups excluding carboxylic acids is 4. The van der Waals surface area contributed by atoms with Crippen LogP contribution in [-0.2, 0) is 19.2 Å². The van der Waals surface area contributed by atoms with E-state index in [2.05, 4.69) is 11.9 Å². The maximum absolute atomic E-state index is 13.4. The third-order valence-corrected chi connectivity index (χ3v) is 7.26. The summed E-state index contributed by atoms with van der Waals surface area (Å²) in [4.78, 5) is 55.0. The van der Waals surface area contributed by atoms with E-state index in [0.29, 0.717) is 74.0 Å². The van der Waals surface area contributed by atoms with E-state index in [1.165, 1.54) is 6.08 Å². The van der Waals surface area contributed by atoms with Crippen LogP contribution in [-0.4, -0.2) is 78.1 Å². The van der Waals surface area contributed by atoms with E-state index in [4.69, 9.17) is 11.6 Å². The Balaban J connectivity index is 1.70. The van der Waals surface area contributed by atoms with Crippen LogP contribution in [0.5, 0.6) is 0 Å². The molecule has 3 rings (SSSR count). The molecule has 9 heteroatoms. The molecule has 0 spiro atoms. The first-order valence-electron chi connectivity index (χ1n) is 13.2. The number of hydrogen-bond donors (Lipinski definition) is 1. The highest BCUT2D eigenvalue weighted by molar-refractivity contribution is 6.35. The second kappa shape index (κ2) is 14.0. The molecule has 1 saturated heterocycles. The Hall–Kier alpha value is -3.39. The molecule has 4 amide bonds. The summed E-state index contributed by atoms with van der Waals surface area (Å²) in [5.41, 5.74) is 2.48. The molecule has 1 saturated carbocycles. The first-order valence-corrected chi connectivity index (χ1v) is 13.5. The summed E-state index contributed by atoms with van der Waals surface area (Å²) < 4.78 is 0. The second-order valence-corrected chi connectivity index (χ2v) is 9.91. The lowest BCUT2D eigenvalue weighted by molar-refractivity contribution is -0.133. The summed E-state index contributed by atoms with van der Waals surface area (Å²) in [5.74, 6) is -0.232. The maximum Gasteiger partial charge on any atom is 0.259 e. The Morgan fingerprint density at radius 3 is 2.50 bits per heavy atom. The monoisotopic (exact) mass is 540 g/mol. The maximum atomic E-state index is 13.4. The normalized spacial score (nSPS) is 18.9. The van der Waals surface area contributed by atoms with Gasteiger partial charge in [-0.3, -0.25) is 24.5 Å². The molecule has 1 aliphatic heterocycles. The number of halogens is 1. The van der Waals surface area contributed by atoms with Crippen molar-refractivity contribution in [1.29, 1.82) is 0 Å². The van der Waals surface area contributed by atoms with Crippen molar-refractivity contribution in [2.45, 2.75) is 39.5 Å². The summed E-state index contributed by atoms with van der Waals surface area (Å²) in [6, 6.07) is 0. The molecule has 0 aromatic heterocycles. The van der Waals surface area contributed by atoms with Gasteiger partial charge in [-0.25, -0.2) is 0 Å². The van der Waals surface area contributed by atoms with Gasteiger partial charge in [0.15, 0.2) is 0 Å². The van der Waals surface area contributed by atoms with Crippen molar-refractivity contribution in [3.8, 4) is 0 Å². The summed E-state index contributed by atoms with van der Waals surface area (Å²) in [5, 5.41) is 2.58. The highest BCUT2D eigenvalue weighted by Crippen LogP contribution is 2.31. The van der Waals surface area contributed by atoms with E-state index in [-0.39, 0.29) is 17.7 Å². The molecule has 0 aromatic carbocycles. The van der Waals surface area contributed by atoms with Crippen LogP contribution in [0.4, 0.5) is 0 Å². The lowest BCUT2D eigenvalue weighted by Crippen LogP contribution is -2.38. The molecule has 204 valence electrons. The van der Waals surface area contributed by atoms with Crippen LogP contribution in [0.3, 0.4) is 0 Å². The number of hydrogen-bond acceptors (Lipinski definition) is 5. The molecule has 0 atom stereocenters. The van der Waals surface area contributed by atoms with Crippen molar-refractivity contribution in [1.82, 2.24) is 20.0 Å². The summed E-state index contributed by atoms with van der Waals surface area (Å²) in [6.07, 6.45) is 14.0. The second-order valence-electron chi connectivity index (χ2n) is 9.50. The van der Waals surface area contributed by atoms with Crippen LogP contribution in [0.25, 0.3) is 0 Å². The number of likely N-dealkylation sites (N-methyl/N-ethyl adjacent to an activating group) is 1. The summed E-state index contributed by atoms with van der Waals surface area (Å²) in [6.45, 7) is 10.9. The SMILES string of the molecule is C=C/C=C(C(=O)NC=O)\C(=C/C)N(CC)CC1=CC=C(Cl)C(C(=O)N2CCCN(C(=O)C3CC3)CC2)=CC1. The van der Waals surface area contributed by atoms with Crippen molar-refractivity contribution in [2.24, 2.45) is 5.92 Å². The molecular formula is C29H37ClN4O4. The van der Waals surface area contributed by atoms with Gasteiger partial charge in [-0.15, -0.1) is 0 Å². The van der Waals surface area contributed by atoms with Gasteiger partial charge in [0.25, 0.3) is 11.8 Å². The van der Waals surface area contributed by atoms with Gasteiger partial charge in [0.2, 0.25) is 12.3 Å². The number of nitrogens with one attached hydrogen (secondary N) is 1. The Kier molecular flexibility index (Phi) is 10.7. The fraction of sp³-hybridized carbons (Fsp3) is 0.448. The average molecular weight is 541 g/mol. The van der Waals surface area contributed by atoms with Crippen LogP contribution in [0, 0.1) is 5.92 Å². The first kappa shape index (κ1) is 29.2. The van der Waals surface area contributed by atoms with Gasteiger partial charge >= 0.3 is 0 Å². The van der Waals surface area contributed by atoms with Crippen LogP contribution >= 0.6 is 11.6 Å². The Labute approximate surface area is 230 Å². The lowest BCUT2D eigenvalue weighted by atomic mass is 10.1. The molecule has 1 N–H and O–H groups in total. The van der Waals surface area contributed by atoms with Gasteiger partial charge in [-0.2, -0.15) is 0 Å². The molecule has 0 aromatic rings. The van der Waals surface area contributed by atoms with E-state index in [1.54, 1.807) is 17.1 Å². The van der Waals surface area contributed by atoms with E-state index in [1.807, 2.05) is 41.9 Å². The van der Waals surface area contributed by atoms with Gasteiger partial charge < -0.3 is 14.7 Å². The minimum Gasteiger partial charge on any atom is -0.367 e. The zero-order valence-corrected chi connectivity index (χ0v) is 23.0. The Bertz CT molecular complexity index is 1110. The molecule has 0 radical (unpaired) electrons. The number of carbonyl (C=O) groups is 4. The molecule has 2 aliphatic carbocycles. The van der Waals surface area contributed by atoms with E-state index in [0.717, 1.165) is 24.8 Å². The van der Waals surface area contributed by atoms with E-state index >= 15 is 0 Å². The zero-order chi connectivity index (χ0) is 27.7. The fourth-order valence-corrected chi connectivity index (χ4v) is 4.95. The van der Waals surface area contributed by atoms with Crippen LogP contribution < -0.4 is 5.32 Å². The quantitative estimate of drug-likeness (QED) is 0.260. The van der Waals surface area contributed by atoms with Gasteiger partial charge in [-0.05, 0) is 57.3 Å². The highest BCUT2D eigenvalue weighted by Gasteiger charge is 2.34. The molecule has 0 unspecified atom stereocenters. The Morgan fingerprint density at radius 2 is 1.87 bits per heavy atom. The van der Waals surface area contributed by atoms with Gasteiger partial charge in [0, 0.05) is 50.9 Å². The lowest BCUT2D eigenvalue weighted by Gasteiger charge is -2.28. The molecule has 1 heterocycles. The third-order valence-electron chi connectivity index (χ3n) is 6.93. The number of amides is 4. The smallest absolute Gasteiger partial charge is 0.259 e. The topological polar surface area (TPSA) is 90.0 Å². The van der Waals surface area contributed by atoms with Crippen LogP contribution in [0.2, 0.25) is 0 Å². The zero-order valence-electron chi connectivity index (χ0n) is 22.2. The minimum atomic E-state index is -0.508. The van der Waals surface area contributed by atoms with Gasteiger partial charge in [0.05, 0.1) is 16.2 Å². The third kappa shape index (κ3) is 7.34. The standard InChI is InChI=1S/C29H37ClN4O4/c1-4-8-24(27(36)31-20-35)26(5-2)32(6-3)19-21-9-13-23(25(30)14-10-21)29(38)34-16-7-15-33(17-18-34)28(37)22-11-12-22/h4-5,8,10,13-14,20,22H,1,6-7,9,11-12,15-19H2,2-3H3,(H,31,35,36)/b24-8+,26-5+. The highest BCUT2D eigenvalue weighted by atomic mass is 35.5. The minimum absolute atomic E-state index is 0.121. The number of allylic oxidation sites excluding steroid dienone is 6. The first-order chi connectivity index (χ1) is 18.3. The van der Waals surface area contributed by atoms with Crippen LogP contribution in [0.15, 0.2) is 70.5 Å². The average Bonchev–Trinajstić information content (AvgIpc) is 3.77. The largest absolute Gasteiger partial charge is 0.367 e. The number of imide groups is 1. The summed E-state index contributed by atoms with van der Waals surface area (Å²) in [7, 11) is 0. The van der Waals surface area contributed by atoms with Crippen molar-refractivity contribution >= 4 is 35.7 Å². The van der Waals surface area contributed by atoms with Crippen molar-refractivity contribution in [2.75, 3.05) is 39.3 Å². The van der Waals surface area contributed by atoms with Crippen LogP contribution in [0.1, 0.15) is 39.5 Å². The predicted octanol–water partition coefficient (Wildman–Crippen LogP) is 3.45. The van der Waals surface area contributed by atoms with E-state index < -0.39 is 5.91 Å². The molecule has 2 fully saturated rings. The molecular weight excluding hydrogens is 504 g/mol. The molecule has 0 bridgehead atoms. The summed E-state index contributed by atoms with van der Waals surface area (Å²) >= 11 is 6.57. The molecule has 3 aliphatic rings. The Morgan fingerprint density at radius 1 is 1.16 bits per heavy atom. The molecule has 38 heavy (non-hydrogen) atoms. The molecule has 8 nitrogen and oxygen atoms in total. The van der Waals surface area contributed by atoms with Gasteiger partial charge in [0.1, 0.15) is 0 Å². The fourth-order valence-electron chi connectivity index (χ4n) is 4.73. The van der Waals surface area contributed by atoms with Crippen molar-refractivity contribution in [3.63, 3.8) is 0 Å².